The molecule has 1 heterocycles. The van der Waals surface area contributed by atoms with Gasteiger partial charge in [-0.05, 0) is 13.8 Å². The van der Waals surface area contributed by atoms with E-state index in [-0.39, 0.29) is 24.8 Å². The van der Waals surface area contributed by atoms with Crippen molar-refractivity contribution in [1.82, 2.24) is 10.2 Å². The van der Waals surface area contributed by atoms with Crippen LogP contribution in [0.25, 0.3) is 0 Å². The van der Waals surface area contributed by atoms with Gasteiger partial charge in [-0.15, -0.1) is 11.8 Å². The third kappa shape index (κ3) is 4.64. The van der Waals surface area contributed by atoms with Crippen molar-refractivity contribution in [2.24, 2.45) is 0 Å². The standard InChI is InChI=1S/C10H16N2O4S/c1-10(2,3-9(15)16)11-7(13)4-12-6-17-5-8(12)14/h3-6H2,1-2H3,(H,11,13)(H,15,16). The number of carbonyl (C=O) groups excluding carboxylic acids is 2. The first-order chi connectivity index (χ1) is 7.80. The van der Waals surface area contributed by atoms with Gasteiger partial charge in [-0.1, -0.05) is 0 Å². The highest BCUT2D eigenvalue weighted by Crippen LogP contribution is 2.14. The Morgan fingerprint density at radius 3 is 2.65 bits per heavy atom. The topological polar surface area (TPSA) is 86.7 Å². The molecule has 0 bridgehead atoms. The SMILES string of the molecule is CC(C)(CC(=O)O)NC(=O)CN1CSCC1=O. The number of carboxylic acid groups (broad SMARTS) is 1. The molecule has 2 N–H and O–H groups in total. The second kappa shape index (κ2) is 5.39. The molecular formula is C10H16N2O4S. The molecule has 0 unspecified atom stereocenters. The Morgan fingerprint density at radius 2 is 2.18 bits per heavy atom. The molecule has 0 atom stereocenters. The Labute approximate surface area is 104 Å². The fourth-order valence-corrected chi connectivity index (χ4v) is 2.46. The molecule has 17 heavy (non-hydrogen) atoms. The zero-order valence-electron chi connectivity index (χ0n) is 9.86. The minimum Gasteiger partial charge on any atom is -0.481 e. The first-order valence-corrected chi connectivity index (χ1v) is 6.34. The first-order valence-electron chi connectivity index (χ1n) is 5.18. The van der Waals surface area contributed by atoms with Gasteiger partial charge in [0.25, 0.3) is 0 Å². The average Bonchev–Trinajstić information content (AvgIpc) is 2.47. The molecule has 7 heteroatoms. The number of aliphatic carboxylic acids is 1. The Morgan fingerprint density at radius 1 is 1.53 bits per heavy atom. The van der Waals surface area contributed by atoms with E-state index in [2.05, 4.69) is 5.32 Å². The molecule has 6 nitrogen and oxygen atoms in total. The highest BCUT2D eigenvalue weighted by atomic mass is 32.2. The molecule has 96 valence electrons. The zero-order chi connectivity index (χ0) is 13.1. The van der Waals surface area contributed by atoms with Gasteiger partial charge in [0.2, 0.25) is 11.8 Å². The van der Waals surface area contributed by atoms with Gasteiger partial charge in [0, 0.05) is 5.54 Å². The van der Waals surface area contributed by atoms with E-state index in [1.165, 1.54) is 16.7 Å². The lowest BCUT2D eigenvalue weighted by molar-refractivity contribution is -0.139. The lowest BCUT2D eigenvalue weighted by Gasteiger charge is -2.25. The largest absolute Gasteiger partial charge is 0.481 e. The monoisotopic (exact) mass is 260 g/mol. The van der Waals surface area contributed by atoms with Crippen molar-refractivity contribution in [2.75, 3.05) is 18.2 Å². The Hall–Kier alpha value is -1.24. The van der Waals surface area contributed by atoms with Crippen molar-refractivity contribution in [1.29, 1.82) is 0 Å². The number of carbonyl (C=O) groups is 3. The number of hydrogen-bond acceptors (Lipinski definition) is 4. The number of thioether (sulfide) groups is 1. The second-order valence-electron chi connectivity index (χ2n) is 4.57. The van der Waals surface area contributed by atoms with Gasteiger partial charge in [-0.25, -0.2) is 0 Å². The molecule has 1 fully saturated rings. The molecule has 0 spiro atoms. The Balaban J connectivity index is 2.43. The third-order valence-electron chi connectivity index (χ3n) is 2.23. The minimum absolute atomic E-state index is 0.00508. The van der Waals surface area contributed by atoms with Gasteiger partial charge in [-0.3, -0.25) is 14.4 Å². The minimum atomic E-state index is -0.969. The van der Waals surface area contributed by atoms with Crippen LogP contribution < -0.4 is 5.32 Å². The van der Waals surface area contributed by atoms with E-state index in [0.29, 0.717) is 11.6 Å². The molecule has 0 aliphatic carbocycles. The number of hydrogen-bond donors (Lipinski definition) is 2. The summed E-state index contributed by atoms with van der Waals surface area (Å²) in [5.41, 5.74) is -0.807. The van der Waals surface area contributed by atoms with Gasteiger partial charge in [-0.2, -0.15) is 0 Å². The van der Waals surface area contributed by atoms with Crippen LogP contribution in [-0.2, 0) is 14.4 Å². The van der Waals surface area contributed by atoms with Crippen molar-refractivity contribution in [3.63, 3.8) is 0 Å². The van der Waals surface area contributed by atoms with Gasteiger partial charge in [0.15, 0.2) is 0 Å². The fraction of sp³-hybridized carbons (Fsp3) is 0.700. The van der Waals surface area contributed by atoms with Crippen LogP contribution in [0.5, 0.6) is 0 Å². The summed E-state index contributed by atoms with van der Waals surface area (Å²) >= 11 is 1.46. The van der Waals surface area contributed by atoms with Crippen molar-refractivity contribution < 1.29 is 19.5 Å². The maximum absolute atomic E-state index is 11.6. The Kier molecular flexibility index (Phi) is 4.39. The summed E-state index contributed by atoms with van der Waals surface area (Å²) in [4.78, 5) is 34.9. The first kappa shape index (κ1) is 13.8. The zero-order valence-corrected chi connectivity index (χ0v) is 10.7. The van der Waals surface area contributed by atoms with E-state index in [1.54, 1.807) is 13.8 Å². The molecule has 1 aliphatic heterocycles. The van der Waals surface area contributed by atoms with Crippen LogP contribution in [0.4, 0.5) is 0 Å². The molecule has 2 amide bonds. The van der Waals surface area contributed by atoms with E-state index >= 15 is 0 Å². The predicted molar refractivity (Wildman–Crippen MR) is 63.5 cm³/mol. The van der Waals surface area contributed by atoms with Crippen LogP contribution in [0.2, 0.25) is 0 Å². The normalized spacial score (nSPS) is 16.1. The van der Waals surface area contributed by atoms with Gasteiger partial charge < -0.3 is 15.3 Å². The second-order valence-corrected chi connectivity index (χ2v) is 5.53. The maximum atomic E-state index is 11.6. The molecule has 1 saturated heterocycles. The van der Waals surface area contributed by atoms with E-state index in [1.807, 2.05) is 0 Å². The number of nitrogens with zero attached hydrogens (tertiary/aromatic N) is 1. The van der Waals surface area contributed by atoms with Crippen molar-refractivity contribution in [3.8, 4) is 0 Å². The van der Waals surface area contributed by atoms with Gasteiger partial charge in [0.05, 0.1) is 18.1 Å². The van der Waals surface area contributed by atoms with Crippen molar-refractivity contribution in [2.45, 2.75) is 25.8 Å². The van der Waals surface area contributed by atoms with Crippen LogP contribution in [0, 0.1) is 0 Å². The van der Waals surface area contributed by atoms with E-state index < -0.39 is 11.5 Å². The highest BCUT2D eigenvalue weighted by Gasteiger charge is 2.27. The van der Waals surface area contributed by atoms with E-state index in [4.69, 9.17) is 5.11 Å². The van der Waals surface area contributed by atoms with Crippen LogP contribution in [0.3, 0.4) is 0 Å². The maximum Gasteiger partial charge on any atom is 0.305 e. The van der Waals surface area contributed by atoms with Crippen LogP contribution in [-0.4, -0.2) is 51.5 Å². The summed E-state index contributed by atoms with van der Waals surface area (Å²) in [6.45, 7) is 3.27. The van der Waals surface area contributed by atoms with Crippen molar-refractivity contribution >= 4 is 29.5 Å². The van der Waals surface area contributed by atoms with E-state index in [9.17, 15) is 14.4 Å². The number of amides is 2. The molecule has 1 rings (SSSR count). The molecule has 1 aliphatic rings. The molecule has 0 saturated carbocycles. The van der Waals surface area contributed by atoms with Crippen molar-refractivity contribution in [3.05, 3.63) is 0 Å². The van der Waals surface area contributed by atoms with Gasteiger partial charge in [0.1, 0.15) is 6.54 Å². The highest BCUT2D eigenvalue weighted by molar-refractivity contribution is 8.00. The van der Waals surface area contributed by atoms with Crippen LogP contribution >= 0.6 is 11.8 Å². The van der Waals surface area contributed by atoms with E-state index in [0.717, 1.165) is 0 Å². The van der Waals surface area contributed by atoms with Crippen LogP contribution in [0.1, 0.15) is 20.3 Å². The lowest BCUT2D eigenvalue weighted by atomic mass is 10.0. The average molecular weight is 260 g/mol. The number of carboxylic acids is 1. The molecule has 0 aromatic heterocycles. The summed E-state index contributed by atoms with van der Waals surface area (Å²) in [7, 11) is 0. The molecular weight excluding hydrogens is 244 g/mol. The third-order valence-corrected chi connectivity index (χ3v) is 3.18. The summed E-state index contributed by atoms with van der Waals surface area (Å²) in [6, 6.07) is 0. The smallest absolute Gasteiger partial charge is 0.305 e. The molecule has 0 aromatic carbocycles. The quantitative estimate of drug-likeness (QED) is 0.720. The fourth-order valence-electron chi connectivity index (χ4n) is 1.55. The molecule has 0 radical (unpaired) electrons. The number of rotatable bonds is 5. The lowest BCUT2D eigenvalue weighted by Crippen LogP contribution is -2.49. The summed E-state index contributed by atoms with van der Waals surface area (Å²) in [5, 5.41) is 11.3. The summed E-state index contributed by atoms with van der Waals surface area (Å²) in [5.74, 6) is -0.423. The predicted octanol–water partition coefficient (Wildman–Crippen LogP) is -0.111. The summed E-state index contributed by atoms with van der Waals surface area (Å²) in [6.07, 6.45) is -0.151. The summed E-state index contributed by atoms with van der Waals surface area (Å²) < 4.78 is 0. The van der Waals surface area contributed by atoms with Gasteiger partial charge >= 0.3 is 5.97 Å². The molecule has 0 aromatic rings. The Bertz CT molecular complexity index is 343. The number of nitrogens with one attached hydrogen (secondary N) is 1. The van der Waals surface area contributed by atoms with Crippen LogP contribution in [0.15, 0.2) is 0 Å².